The van der Waals surface area contributed by atoms with E-state index in [4.69, 9.17) is 16.3 Å². The van der Waals surface area contributed by atoms with Crippen molar-refractivity contribution in [1.29, 1.82) is 0 Å². The first kappa shape index (κ1) is 22.6. The molecule has 0 bridgehead atoms. The second-order valence-electron chi connectivity index (χ2n) is 7.30. The number of carbonyl (C=O) groups is 2. The van der Waals surface area contributed by atoms with Gasteiger partial charge in [-0.05, 0) is 49.4 Å². The molecule has 1 fully saturated rings. The van der Waals surface area contributed by atoms with Crippen molar-refractivity contribution in [1.82, 2.24) is 9.62 Å². The van der Waals surface area contributed by atoms with Crippen molar-refractivity contribution in [2.75, 3.05) is 26.2 Å². The predicted octanol–water partition coefficient (Wildman–Crippen LogP) is 2.45. The van der Waals surface area contributed by atoms with Gasteiger partial charge in [0.1, 0.15) is 0 Å². The molecular weight excluding hydrogens is 404 g/mol. The summed E-state index contributed by atoms with van der Waals surface area (Å²) < 4.78 is 31.9. The highest BCUT2D eigenvalue weighted by molar-refractivity contribution is 7.89. The Morgan fingerprint density at radius 2 is 1.96 bits per heavy atom. The van der Waals surface area contributed by atoms with Gasteiger partial charge < -0.3 is 10.1 Å². The number of hydrogen-bond donors (Lipinski definition) is 1. The van der Waals surface area contributed by atoms with Crippen LogP contribution in [-0.2, 0) is 24.3 Å². The molecule has 28 heavy (non-hydrogen) atoms. The van der Waals surface area contributed by atoms with Crippen LogP contribution in [0.4, 0.5) is 0 Å². The van der Waals surface area contributed by atoms with E-state index in [1.807, 2.05) is 0 Å². The zero-order valence-corrected chi connectivity index (χ0v) is 17.8. The van der Waals surface area contributed by atoms with Crippen LogP contribution in [0.15, 0.2) is 29.2 Å². The minimum atomic E-state index is -3.71. The molecule has 0 saturated carbocycles. The zero-order chi connectivity index (χ0) is 20.7. The number of amides is 1. The average molecular weight is 431 g/mol. The number of esters is 1. The first-order valence-corrected chi connectivity index (χ1v) is 11.2. The number of halogens is 1. The first-order valence-electron chi connectivity index (χ1n) is 9.39. The van der Waals surface area contributed by atoms with Crippen LogP contribution in [0.1, 0.15) is 33.1 Å². The number of sulfonamides is 1. The summed E-state index contributed by atoms with van der Waals surface area (Å²) in [7, 11) is -3.71. The molecule has 0 aromatic heterocycles. The van der Waals surface area contributed by atoms with E-state index >= 15 is 0 Å². The van der Waals surface area contributed by atoms with Gasteiger partial charge in [0.25, 0.3) is 5.91 Å². The Bertz CT molecular complexity index is 780. The number of benzene rings is 1. The lowest BCUT2D eigenvalue weighted by molar-refractivity contribution is -0.153. The van der Waals surface area contributed by atoms with Crippen molar-refractivity contribution in [2.45, 2.75) is 38.0 Å². The molecule has 1 aromatic carbocycles. The van der Waals surface area contributed by atoms with Gasteiger partial charge in [-0.15, -0.1) is 0 Å². The summed E-state index contributed by atoms with van der Waals surface area (Å²) in [6.45, 7) is 4.67. The van der Waals surface area contributed by atoms with Crippen molar-refractivity contribution in [3.05, 3.63) is 29.3 Å². The van der Waals surface area contributed by atoms with Crippen molar-refractivity contribution < 1.29 is 22.7 Å². The van der Waals surface area contributed by atoms with E-state index in [-0.39, 0.29) is 24.0 Å². The summed E-state index contributed by atoms with van der Waals surface area (Å²) in [4.78, 5) is 24.2. The van der Waals surface area contributed by atoms with Gasteiger partial charge in [-0.2, -0.15) is 4.31 Å². The first-order chi connectivity index (χ1) is 13.2. The molecule has 1 heterocycles. The van der Waals surface area contributed by atoms with E-state index < -0.39 is 21.9 Å². The quantitative estimate of drug-likeness (QED) is 0.639. The topological polar surface area (TPSA) is 92.8 Å². The van der Waals surface area contributed by atoms with E-state index in [1.165, 1.54) is 28.6 Å². The maximum absolute atomic E-state index is 12.8. The SMILES string of the molecule is CC(C)CCNC(=O)COC(=O)C1CCCN(S(=O)(=O)c2ccc(Cl)cc2)C1. The van der Waals surface area contributed by atoms with E-state index in [0.29, 0.717) is 36.9 Å². The fraction of sp³-hybridized carbons (Fsp3) is 0.579. The molecule has 1 amide bonds. The van der Waals surface area contributed by atoms with Crippen LogP contribution >= 0.6 is 11.6 Å². The number of piperidine rings is 1. The molecule has 2 rings (SSSR count). The highest BCUT2D eigenvalue weighted by Gasteiger charge is 2.34. The highest BCUT2D eigenvalue weighted by Crippen LogP contribution is 2.25. The predicted molar refractivity (Wildman–Crippen MR) is 106 cm³/mol. The number of rotatable bonds is 8. The largest absolute Gasteiger partial charge is 0.455 e. The number of hydrogen-bond acceptors (Lipinski definition) is 5. The van der Waals surface area contributed by atoms with E-state index in [2.05, 4.69) is 19.2 Å². The standard InChI is InChI=1S/C19H27ClN2O5S/c1-14(2)9-10-21-18(23)13-27-19(24)15-4-3-11-22(12-15)28(25,26)17-7-5-16(20)6-8-17/h5-8,14-15H,3-4,9-13H2,1-2H3,(H,21,23). The number of ether oxygens (including phenoxy) is 1. The van der Waals surface area contributed by atoms with E-state index in [0.717, 1.165) is 6.42 Å². The minimum absolute atomic E-state index is 0.0404. The summed E-state index contributed by atoms with van der Waals surface area (Å²) in [6, 6.07) is 5.92. The monoisotopic (exact) mass is 430 g/mol. The molecule has 9 heteroatoms. The average Bonchev–Trinajstić information content (AvgIpc) is 2.66. The fourth-order valence-corrected chi connectivity index (χ4v) is 4.56. The van der Waals surface area contributed by atoms with Gasteiger partial charge >= 0.3 is 5.97 Å². The minimum Gasteiger partial charge on any atom is -0.455 e. The molecule has 1 aromatic rings. The van der Waals surface area contributed by atoms with Gasteiger partial charge in [-0.1, -0.05) is 25.4 Å². The summed E-state index contributed by atoms with van der Waals surface area (Å²) in [6.07, 6.45) is 1.92. The third-order valence-corrected chi connectivity index (χ3v) is 6.69. The number of carbonyl (C=O) groups excluding carboxylic acids is 2. The van der Waals surface area contributed by atoms with Crippen LogP contribution in [0, 0.1) is 11.8 Å². The van der Waals surface area contributed by atoms with Crippen LogP contribution in [-0.4, -0.2) is 50.8 Å². The van der Waals surface area contributed by atoms with Crippen molar-refractivity contribution in [3.63, 3.8) is 0 Å². The molecule has 1 N–H and O–H groups in total. The van der Waals surface area contributed by atoms with Gasteiger partial charge in [0.15, 0.2) is 6.61 Å². The Morgan fingerprint density at radius 3 is 2.61 bits per heavy atom. The molecule has 1 atom stereocenters. The molecule has 1 aliphatic heterocycles. The molecule has 1 saturated heterocycles. The Labute approximate surface area is 171 Å². The van der Waals surface area contributed by atoms with Crippen molar-refractivity contribution in [2.24, 2.45) is 11.8 Å². The van der Waals surface area contributed by atoms with Gasteiger partial charge in [0.05, 0.1) is 10.8 Å². The lowest BCUT2D eigenvalue weighted by Gasteiger charge is -2.30. The van der Waals surface area contributed by atoms with Crippen LogP contribution < -0.4 is 5.32 Å². The van der Waals surface area contributed by atoms with Gasteiger partial charge in [0.2, 0.25) is 10.0 Å². The van der Waals surface area contributed by atoms with Crippen LogP contribution in [0.2, 0.25) is 5.02 Å². The lowest BCUT2D eigenvalue weighted by Crippen LogP contribution is -2.43. The molecule has 0 radical (unpaired) electrons. The third-order valence-electron chi connectivity index (χ3n) is 4.56. The second kappa shape index (κ2) is 10.2. The molecule has 1 unspecified atom stereocenters. The van der Waals surface area contributed by atoms with Gasteiger partial charge in [-0.25, -0.2) is 8.42 Å². The Morgan fingerprint density at radius 1 is 1.29 bits per heavy atom. The third kappa shape index (κ3) is 6.46. The summed E-state index contributed by atoms with van der Waals surface area (Å²) >= 11 is 5.82. The second-order valence-corrected chi connectivity index (χ2v) is 9.67. The molecule has 0 aliphatic carbocycles. The smallest absolute Gasteiger partial charge is 0.310 e. The highest BCUT2D eigenvalue weighted by atomic mass is 35.5. The Kier molecular flexibility index (Phi) is 8.27. The maximum Gasteiger partial charge on any atom is 0.310 e. The molecule has 1 aliphatic rings. The van der Waals surface area contributed by atoms with Crippen molar-refractivity contribution >= 4 is 33.5 Å². The normalized spacial score (nSPS) is 18.1. The Balaban J connectivity index is 1.89. The number of nitrogens with zero attached hydrogens (tertiary/aromatic N) is 1. The summed E-state index contributed by atoms with van der Waals surface area (Å²) in [5.41, 5.74) is 0. The molecule has 0 spiro atoms. The zero-order valence-electron chi connectivity index (χ0n) is 16.2. The van der Waals surface area contributed by atoms with Gasteiger partial charge in [-0.3, -0.25) is 9.59 Å². The maximum atomic E-state index is 12.8. The van der Waals surface area contributed by atoms with E-state index in [9.17, 15) is 18.0 Å². The van der Waals surface area contributed by atoms with Gasteiger partial charge in [0, 0.05) is 24.7 Å². The van der Waals surface area contributed by atoms with Crippen LogP contribution in [0.25, 0.3) is 0 Å². The van der Waals surface area contributed by atoms with E-state index in [1.54, 1.807) is 0 Å². The summed E-state index contributed by atoms with van der Waals surface area (Å²) in [5.74, 6) is -1.01. The van der Waals surface area contributed by atoms with Crippen LogP contribution in [0.3, 0.4) is 0 Å². The molecular formula is C19H27ClN2O5S. The fourth-order valence-electron chi connectivity index (χ4n) is 2.91. The molecule has 156 valence electrons. The van der Waals surface area contributed by atoms with Crippen LogP contribution in [0.5, 0.6) is 0 Å². The Hall–Kier alpha value is -1.64. The lowest BCUT2D eigenvalue weighted by atomic mass is 10.00. The molecule has 7 nitrogen and oxygen atoms in total. The van der Waals surface area contributed by atoms with Crippen molar-refractivity contribution in [3.8, 4) is 0 Å². The number of nitrogens with one attached hydrogen (secondary N) is 1. The summed E-state index contributed by atoms with van der Waals surface area (Å²) in [5, 5.41) is 3.15.